The summed E-state index contributed by atoms with van der Waals surface area (Å²) in [5.74, 6) is 0.596. The normalized spacial score (nSPS) is 16.1. The van der Waals surface area contributed by atoms with Crippen LogP contribution in [0.3, 0.4) is 0 Å². The molecule has 0 radical (unpaired) electrons. The molecule has 1 aliphatic carbocycles. The highest BCUT2D eigenvalue weighted by Crippen LogP contribution is 2.25. The fraction of sp³-hybridized carbons (Fsp3) is 0.444. The monoisotopic (exact) mass is 163 g/mol. The van der Waals surface area contributed by atoms with E-state index in [2.05, 4.69) is 10.3 Å². The van der Waals surface area contributed by atoms with Gasteiger partial charge >= 0.3 is 0 Å². The number of rotatable bonds is 2. The third kappa shape index (κ3) is 1.67. The number of anilines is 2. The second-order valence-electron chi connectivity index (χ2n) is 3.34. The summed E-state index contributed by atoms with van der Waals surface area (Å²) < 4.78 is 0. The third-order valence-electron chi connectivity index (χ3n) is 1.92. The van der Waals surface area contributed by atoms with Crippen molar-refractivity contribution >= 4 is 11.5 Å². The van der Waals surface area contributed by atoms with E-state index in [1.165, 1.54) is 12.8 Å². The fourth-order valence-electron chi connectivity index (χ4n) is 1.24. The Kier molecular flexibility index (Phi) is 1.64. The lowest BCUT2D eigenvalue weighted by molar-refractivity contribution is 1.13. The van der Waals surface area contributed by atoms with Crippen LogP contribution in [0.4, 0.5) is 11.5 Å². The molecule has 1 saturated carbocycles. The van der Waals surface area contributed by atoms with Crippen LogP contribution in [-0.4, -0.2) is 11.0 Å². The van der Waals surface area contributed by atoms with Gasteiger partial charge in [-0.05, 0) is 25.8 Å². The molecule has 2 rings (SSSR count). The molecule has 1 aliphatic rings. The Hall–Kier alpha value is -1.25. The third-order valence-corrected chi connectivity index (χ3v) is 1.92. The van der Waals surface area contributed by atoms with E-state index in [0.29, 0.717) is 11.9 Å². The van der Waals surface area contributed by atoms with E-state index < -0.39 is 0 Å². The van der Waals surface area contributed by atoms with Gasteiger partial charge in [-0.15, -0.1) is 0 Å². The number of nitrogens with zero attached hydrogens (tertiary/aromatic N) is 1. The Bertz CT molecular complexity index is 272. The van der Waals surface area contributed by atoms with Gasteiger partial charge in [0.15, 0.2) is 0 Å². The van der Waals surface area contributed by atoms with Crippen molar-refractivity contribution in [3.05, 3.63) is 17.8 Å². The van der Waals surface area contributed by atoms with E-state index in [-0.39, 0.29) is 0 Å². The smallest absolute Gasteiger partial charge is 0.125 e. The van der Waals surface area contributed by atoms with Crippen LogP contribution in [0.5, 0.6) is 0 Å². The van der Waals surface area contributed by atoms with Gasteiger partial charge in [-0.3, -0.25) is 0 Å². The summed E-state index contributed by atoms with van der Waals surface area (Å²) >= 11 is 0. The van der Waals surface area contributed by atoms with Crippen LogP contribution in [0.2, 0.25) is 0 Å². The molecule has 1 aromatic heterocycles. The first-order valence-corrected chi connectivity index (χ1v) is 4.25. The van der Waals surface area contributed by atoms with Crippen molar-refractivity contribution in [3.8, 4) is 0 Å². The van der Waals surface area contributed by atoms with Gasteiger partial charge in [0.2, 0.25) is 0 Å². The van der Waals surface area contributed by atoms with Crippen LogP contribution in [0, 0.1) is 6.92 Å². The van der Waals surface area contributed by atoms with Gasteiger partial charge in [-0.25, -0.2) is 4.98 Å². The number of hydrogen-bond donors (Lipinski definition) is 2. The number of aromatic nitrogens is 1. The van der Waals surface area contributed by atoms with Crippen LogP contribution < -0.4 is 11.1 Å². The molecule has 0 atom stereocenters. The summed E-state index contributed by atoms with van der Waals surface area (Å²) in [4.78, 5) is 4.10. The van der Waals surface area contributed by atoms with E-state index in [1.807, 2.05) is 19.1 Å². The topological polar surface area (TPSA) is 50.9 Å². The van der Waals surface area contributed by atoms with E-state index in [0.717, 1.165) is 11.4 Å². The van der Waals surface area contributed by atoms with Crippen LogP contribution >= 0.6 is 0 Å². The van der Waals surface area contributed by atoms with Crippen molar-refractivity contribution in [2.75, 3.05) is 11.1 Å². The highest BCUT2D eigenvalue weighted by Gasteiger charge is 2.20. The summed E-state index contributed by atoms with van der Waals surface area (Å²) in [5, 5.41) is 3.38. The molecule has 0 aliphatic heterocycles. The molecule has 3 N–H and O–H groups in total. The molecule has 3 nitrogen and oxygen atoms in total. The van der Waals surface area contributed by atoms with E-state index in [1.54, 1.807) is 0 Å². The average Bonchev–Trinajstić information content (AvgIpc) is 2.68. The number of aryl methyl sites for hydroxylation is 1. The Morgan fingerprint density at radius 2 is 2.25 bits per heavy atom. The zero-order valence-electron chi connectivity index (χ0n) is 7.17. The molecular weight excluding hydrogens is 150 g/mol. The van der Waals surface area contributed by atoms with Gasteiger partial charge in [0.25, 0.3) is 0 Å². The quantitative estimate of drug-likeness (QED) is 0.695. The maximum Gasteiger partial charge on any atom is 0.125 e. The molecule has 1 heterocycles. The Morgan fingerprint density at radius 1 is 1.50 bits per heavy atom. The summed E-state index contributed by atoms with van der Waals surface area (Å²) in [6.07, 6.45) is 2.56. The van der Waals surface area contributed by atoms with Gasteiger partial charge in [0, 0.05) is 23.5 Å². The lowest BCUT2D eigenvalue weighted by Gasteiger charge is -2.05. The molecule has 0 bridgehead atoms. The molecule has 0 spiro atoms. The molecule has 3 heteroatoms. The van der Waals surface area contributed by atoms with Crippen molar-refractivity contribution in [2.24, 2.45) is 0 Å². The predicted octanol–water partition coefficient (Wildman–Crippen LogP) is 1.55. The van der Waals surface area contributed by atoms with Crippen molar-refractivity contribution in [2.45, 2.75) is 25.8 Å². The van der Waals surface area contributed by atoms with Crippen LogP contribution in [0.1, 0.15) is 18.5 Å². The maximum absolute atomic E-state index is 5.60. The molecule has 0 unspecified atom stereocenters. The van der Waals surface area contributed by atoms with Crippen molar-refractivity contribution < 1.29 is 0 Å². The second-order valence-corrected chi connectivity index (χ2v) is 3.34. The maximum atomic E-state index is 5.60. The van der Waals surface area contributed by atoms with Crippen molar-refractivity contribution in [1.82, 2.24) is 4.98 Å². The average molecular weight is 163 g/mol. The molecule has 1 fully saturated rings. The summed E-state index contributed by atoms with van der Waals surface area (Å²) in [6.45, 7) is 1.95. The minimum absolute atomic E-state index is 0.596. The second kappa shape index (κ2) is 2.66. The summed E-state index contributed by atoms with van der Waals surface area (Å²) in [7, 11) is 0. The molecule has 64 valence electrons. The van der Waals surface area contributed by atoms with E-state index in [4.69, 9.17) is 5.73 Å². The van der Waals surface area contributed by atoms with Gasteiger partial charge in [-0.1, -0.05) is 0 Å². The zero-order valence-corrected chi connectivity index (χ0v) is 7.17. The van der Waals surface area contributed by atoms with Gasteiger partial charge in [-0.2, -0.15) is 0 Å². The minimum atomic E-state index is 0.596. The Morgan fingerprint density at radius 3 is 2.83 bits per heavy atom. The molecule has 0 amide bonds. The first-order chi connectivity index (χ1) is 5.74. The number of hydrogen-bond acceptors (Lipinski definition) is 3. The predicted molar refractivity (Wildman–Crippen MR) is 50.0 cm³/mol. The van der Waals surface area contributed by atoms with E-state index in [9.17, 15) is 0 Å². The fourth-order valence-corrected chi connectivity index (χ4v) is 1.24. The lowest BCUT2D eigenvalue weighted by Crippen LogP contribution is -2.02. The highest BCUT2D eigenvalue weighted by atomic mass is 15.0. The van der Waals surface area contributed by atoms with Crippen LogP contribution in [-0.2, 0) is 0 Å². The SMILES string of the molecule is Cc1cc(NC2CC2)cc(N)n1. The number of pyridine rings is 1. The van der Waals surface area contributed by atoms with E-state index >= 15 is 0 Å². The lowest BCUT2D eigenvalue weighted by atomic mass is 10.3. The van der Waals surface area contributed by atoms with Crippen molar-refractivity contribution in [3.63, 3.8) is 0 Å². The molecule has 12 heavy (non-hydrogen) atoms. The number of nitrogens with one attached hydrogen (secondary N) is 1. The molecule has 0 saturated heterocycles. The molecular formula is C9H13N3. The standard InChI is InChI=1S/C9H13N3/c1-6-4-8(5-9(10)11-6)12-7-2-3-7/h4-5,7H,2-3H2,1H3,(H3,10,11,12). The first-order valence-electron chi connectivity index (χ1n) is 4.25. The summed E-state index contributed by atoms with van der Waals surface area (Å²) in [5.41, 5.74) is 7.67. The Balaban J connectivity index is 2.18. The zero-order chi connectivity index (χ0) is 8.55. The largest absolute Gasteiger partial charge is 0.384 e. The minimum Gasteiger partial charge on any atom is -0.384 e. The Labute approximate surface area is 72.0 Å². The highest BCUT2D eigenvalue weighted by molar-refractivity contribution is 5.52. The van der Waals surface area contributed by atoms with Gasteiger partial charge in [0.05, 0.1) is 0 Å². The van der Waals surface area contributed by atoms with Crippen molar-refractivity contribution in [1.29, 1.82) is 0 Å². The molecule has 1 aromatic rings. The summed E-state index contributed by atoms with van der Waals surface area (Å²) in [6, 6.07) is 4.58. The van der Waals surface area contributed by atoms with Gasteiger partial charge < -0.3 is 11.1 Å². The number of nitrogens with two attached hydrogens (primary N) is 1. The van der Waals surface area contributed by atoms with Gasteiger partial charge in [0.1, 0.15) is 5.82 Å². The molecule has 0 aromatic carbocycles. The van der Waals surface area contributed by atoms with Crippen LogP contribution in [0.25, 0.3) is 0 Å². The first kappa shape index (κ1) is 7.40. The number of nitrogen functional groups attached to an aromatic ring is 1. The van der Waals surface area contributed by atoms with Crippen LogP contribution in [0.15, 0.2) is 12.1 Å².